The van der Waals surface area contributed by atoms with Gasteiger partial charge in [0.15, 0.2) is 0 Å². The van der Waals surface area contributed by atoms with E-state index in [1.165, 1.54) is 0 Å². The predicted molar refractivity (Wildman–Crippen MR) is 76.2 cm³/mol. The fourth-order valence-corrected chi connectivity index (χ4v) is 1.66. The summed E-state index contributed by atoms with van der Waals surface area (Å²) in [7, 11) is 0. The summed E-state index contributed by atoms with van der Waals surface area (Å²) in [5.74, 6) is -0.293. The van der Waals surface area contributed by atoms with Gasteiger partial charge in [-0.1, -0.05) is 41.9 Å². The van der Waals surface area contributed by atoms with Crippen LogP contribution in [-0.2, 0) is 16.1 Å². The monoisotopic (exact) mass is 275 g/mol. The molecule has 0 fully saturated rings. The van der Waals surface area contributed by atoms with Crippen molar-refractivity contribution in [3.63, 3.8) is 0 Å². The topological polar surface area (TPSA) is 38.3 Å². The third-order valence-electron chi connectivity index (χ3n) is 2.52. The van der Waals surface area contributed by atoms with Crippen LogP contribution in [0.1, 0.15) is 5.56 Å². The molecule has 0 aromatic heterocycles. The van der Waals surface area contributed by atoms with E-state index in [4.69, 9.17) is 16.3 Å². The largest absolute Gasteiger partial charge is 0.460 e. The summed E-state index contributed by atoms with van der Waals surface area (Å²) in [6.45, 7) is 0.427. The standard InChI is InChI=1S/C15H14ClNO2/c16-13-6-8-14(9-7-13)17-10-15(18)19-11-12-4-2-1-3-5-12/h1-9,17H,10-11H2. The number of esters is 1. The first-order valence-electron chi connectivity index (χ1n) is 5.93. The van der Waals surface area contributed by atoms with Crippen LogP contribution in [0.2, 0.25) is 5.02 Å². The van der Waals surface area contributed by atoms with Gasteiger partial charge in [0.2, 0.25) is 0 Å². The van der Waals surface area contributed by atoms with Crippen molar-refractivity contribution in [1.82, 2.24) is 0 Å². The van der Waals surface area contributed by atoms with Crippen LogP contribution in [0.5, 0.6) is 0 Å². The minimum atomic E-state index is -0.293. The molecule has 1 N–H and O–H groups in total. The average molecular weight is 276 g/mol. The van der Waals surface area contributed by atoms with Crippen molar-refractivity contribution in [2.75, 3.05) is 11.9 Å². The molecule has 0 radical (unpaired) electrons. The van der Waals surface area contributed by atoms with Crippen LogP contribution in [0.25, 0.3) is 0 Å². The number of halogens is 1. The van der Waals surface area contributed by atoms with Crippen molar-refractivity contribution in [1.29, 1.82) is 0 Å². The Labute approximate surface area is 117 Å². The number of hydrogen-bond donors (Lipinski definition) is 1. The van der Waals surface area contributed by atoms with Crippen molar-refractivity contribution in [2.24, 2.45) is 0 Å². The van der Waals surface area contributed by atoms with E-state index in [0.717, 1.165) is 11.3 Å². The quantitative estimate of drug-likeness (QED) is 0.849. The normalized spacial score (nSPS) is 9.95. The molecule has 0 bridgehead atoms. The Bertz CT molecular complexity index is 526. The molecule has 0 aliphatic rings. The highest BCUT2D eigenvalue weighted by atomic mass is 35.5. The molecule has 98 valence electrons. The van der Waals surface area contributed by atoms with Gasteiger partial charge in [0.1, 0.15) is 13.2 Å². The molecule has 19 heavy (non-hydrogen) atoms. The number of anilines is 1. The van der Waals surface area contributed by atoms with Crippen LogP contribution in [0.3, 0.4) is 0 Å². The Kier molecular flexibility index (Phi) is 4.81. The van der Waals surface area contributed by atoms with Gasteiger partial charge in [-0.05, 0) is 29.8 Å². The Hall–Kier alpha value is -2.00. The molecule has 3 nitrogen and oxygen atoms in total. The SMILES string of the molecule is O=C(CNc1ccc(Cl)cc1)OCc1ccccc1. The Morgan fingerprint density at radius 1 is 1.05 bits per heavy atom. The number of benzene rings is 2. The number of ether oxygens (including phenoxy) is 1. The summed E-state index contributed by atoms with van der Waals surface area (Å²) in [6, 6.07) is 16.7. The molecule has 0 spiro atoms. The third kappa shape index (κ3) is 4.64. The number of carbonyl (C=O) groups excluding carboxylic acids is 1. The first-order chi connectivity index (χ1) is 9.24. The molecule has 0 aliphatic heterocycles. The van der Waals surface area contributed by atoms with Gasteiger partial charge >= 0.3 is 5.97 Å². The summed E-state index contributed by atoms with van der Waals surface area (Å²) in [5, 5.41) is 3.64. The predicted octanol–water partition coefficient (Wildman–Crippen LogP) is 3.50. The van der Waals surface area contributed by atoms with Crippen LogP contribution in [0, 0.1) is 0 Å². The molecular weight excluding hydrogens is 262 g/mol. The van der Waals surface area contributed by atoms with Gasteiger partial charge in [-0.15, -0.1) is 0 Å². The lowest BCUT2D eigenvalue weighted by atomic mass is 10.2. The van der Waals surface area contributed by atoms with Gasteiger partial charge < -0.3 is 10.1 Å². The smallest absolute Gasteiger partial charge is 0.325 e. The highest BCUT2D eigenvalue weighted by Crippen LogP contribution is 2.13. The molecule has 0 unspecified atom stereocenters. The van der Waals surface area contributed by atoms with Crippen LogP contribution >= 0.6 is 11.6 Å². The van der Waals surface area contributed by atoms with Gasteiger partial charge in [-0.2, -0.15) is 0 Å². The lowest BCUT2D eigenvalue weighted by molar-refractivity contribution is -0.142. The summed E-state index contributed by atoms with van der Waals surface area (Å²) in [6.07, 6.45) is 0. The zero-order valence-corrected chi connectivity index (χ0v) is 11.1. The van der Waals surface area contributed by atoms with Gasteiger partial charge in [-0.25, -0.2) is 0 Å². The maximum Gasteiger partial charge on any atom is 0.325 e. The molecule has 0 amide bonds. The number of hydrogen-bond acceptors (Lipinski definition) is 3. The fraction of sp³-hybridized carbons (Fsp3) is 0.133. The van der Waals surface area contributed by atoms with Crippen molar-refractivity contribution in [3.05, 3.63) is 65.2 Å². The highest BCUT2D eigenvalue weighted by Gasteiger charge is 2.03. The summed E-state index contributed by atoms with van der Waals surface area (Å²) in [4.78, 5) is 11.5. The third-order valence-corrected chi connectivity index (χ3v) is 2.78. The van der Waals surface area contributed by atoms with E-state index in [9.17, 15) is 4.79 Å². The van der Waals surface area contributed by atoms with E-state index in [1.54, 1.807) is 12.1 Å². The van der Waals surface area contributed by atoms with Crippen molar-refractivity contribution in [3.8, 4) is 0 Å². The van der Waals surface area contributed by atoms with Crippen LogP contribution in [-0.4, -0.2) is 12.5 Å². The average Bonchev–Trinajstić information content (AvgIpc) is 2.45. The van der Waals surface area contributed by atoms with E-state index in [2.05, 4.69) is 5.32 Å². The summed E-state index contributed by atoms with van der Waals surface area (Å²) >= 11 is 5.77. The Morgan fingerprint density at radius 2 is 1.74 bits per heavy atom. The molecule has 0 saturated heterocycles. The van der Waals surface area contributed by atoms with E-state index in [-0.39, 0.29) is 12.5 Å². The minimum absolute atomic E-state index is 0.133. The van der Waals surface area contributed by atoms with E-state index < -0.39 is 0 Å². The summed E-state index contributed by atoms with van der Waals surface area (Å²) < 4.78 is 5.15. The van der Waals surface area contributed by atoms with Crippen molar-refractivity contribution >= 4 is 23.3 Å². The van der Waals surface area contributed by atoms with Gasteiger partial charge in [0.05, 0.1) is 0 Å². The molecule has 4 heteroatoms. The number of rotatable bonds is 5. The second kappa shape index (κ2) is 6.81. The molecule has 0 saturated carbocycles. The van der Waals surface area contributed by atoms with Crippen molar-refractivity contribution in [2.45, 2.75) is 6.61 Å². The lowest BCUT2D eigenvalue weighted by Gasteiger charge is -2.07. The van der Waals surface area contributed by atoms with Gasteiger partial charge in [-0.3, -0.25) is 4.79 Å². The van der Waals surface area contributed by atoms with E-state index >= 15 is 0 Å². The number of nitrogens with one attached hydrogen (secondary N) is 1. The molecule has 0 heterocycles. The maximum atomic E-state index is 11.5. The second-order valence-electron chi connectivity index (χ2n) is 4.01. The van der Waals surface area contributed by atoms with Crippen LogP contribution in [0.4, 0.5) is 5.69 Å². The minimum Gasteiger partial charge on any atom is -0.460 e. The number of carbonyl (C=O) groups is 1. The molecule has 0 atom stereocenters. The fourth-order valence-electron chi connectivity index (χ4n) is 1.53. The Morgan fingerprint density at radius 3 is 2.42 bits per heavy atom. The lowest BCUT2D eigenvalue weighted by Crippen LogP contribution is -2.16. The highest BCUT2D eigenvalue weighted by molar-refractivity contribution is 6.30. The zero-order chi connectivity index (χ0) is 13.5. The van der Waals surface area contributed by atoms with Crippen molar-refractivity contribution < 1.29 is 9.53 Å². The second-order valence-corrected chi connectivity index (χ2v) is 4.44. The van der Waals surface area contributed by atoms with E-state index in [0.29, 0.717) is 11.6 Å². The zero-order valence-electron chi connectivity index (χ0n) is 10.3. The summed E-state index contributed by atoms with van der Waals surface area (Å²) in [5.41, 5.74) is 1.81. The van der Waals surface area contributed by atoms with Gasteiger partial charge in [0, 0.05) is 10.7 Å². The maximum absolute atomic E-state index is 11.5. The molecule has 0 aliphatic carbocycles. The molecule has 2 aromatic carbocycles. The molecule has 2 aromatic rings. The molecular formula is C15H14ClNO2. The first kappa shape index (κ1) is 13.4. The van der Waals surface area contributed by atoms with Gasteiger partial charge in [0.25, 0.3) is 0 Å². The Balaban J connectivity index is 1.74. The van der Waals surface area contributed by atoms with E-state index in [1.807, 2.05) is 42.5 Å². The van der Waals surface area contributed by atoms with Crippen LogP contribution < -0.4 is 5.32 Å². The molecule has 2 rings (SSSR count). The van der Waals surface area contributed by atoms with Crippen LogP contribution in [0.15, 0.2) is 54.6 Å². The first-order valence-corrected chi connectivity index (χ1v) is 6.31.